The van der Waals surface area contributed by atoms with Crippen LogP contribution < -0.4 is 0 Å². The molecule has 1 fully saturated rings. The number of nitrogens with zero attached hydrogens (tertiary/aromatic N) is 2. The Morgan fingerprint density at radius 2 is 1.78 bits per heavy atom. The molecule has 1 atom stereocenters. The predicted octanol–water partition coefficient (Wildman–Crippen LogP) is 2.44. The highest BCUT2D eigenvalue weighted by Gasteiger charge is 2.37. The van der Waals surface area contributed by atoms with E-state index in [1.807, 2.05) is 19.0 Å². The van der Waals surface area contributed by atoms with Crippen molar-refractivity contribution in [1.82, 2.24) is 9.80 Å². The molecular weight excluding hydrogens is 295 g/mol. The summed E-state index contributed by atoms with van der Waals surface area (Å²) < 4.78 is 13.1. The summed E-state index contributed by atoms with van der Waals surface area (Å²) in [6, 6.07) is 5.63. The van der Waals surface area contributed by atoms with E-state index in [0.717, 1.165) is 31.2 Å². The SMILES string of the molecule is CN(CC1(CO)CCCC1)C(=O)[C@H](c1ccc(F)cc1)N(C)C. The van der Waals surface area contributed by atoms with Crippen LogP contribution in [-0.4, -0.2) is 55.1 Å². The van der Waals surface area contributed by atoms with Crippen LogP contribution >= 0.6 is 0 Å². The molecule has 23 heavy (non-hydrogen) atoms. The monoisotopic (exact) mass is 322 g/mol. The zero-order chi connectivity index (χ0) is 17.0. The van der Waals surface area contributed by atoms with Gasteiger partial charge in [0.25, 0.3) is 0 Å². The maximum atomic E-state index is 13.1. The molecule has 0 aromatic heterocycles. The van der Waals surface area contributed by atoms with Gasteiger partial charge >= 0.3 is 0 Å². The molecule has 0 saturated heterocycles. The minimum Gasteiger partial charge on any atom is -0.396 e. The van der Waals surface area contributed by atoms with Crippen LogP contribution in [0.4, 0.5) is 4.39 Å². The summed E-state index contributed by atoms with van der Waals surface area (Å²) in [6.45, 7) is 0.682. The fourth-order valence-electron chi connectivity index (χ4n) is 3.59. The van der Waals surface area contributed by atoms with Crippen molar-refractivity contribution >= 4 is 5.91 Å². The van der Waals surface area contributed by atoms with Gasteiger partial charge in [0.05, 0.1) is 6.61 Å². The number of aliphatic hydroxyl groups excluding tert-OH is 1. The molecule has 1 aromatic carbocycles. The van der Waals surface area contributed by atoms with Gasteiger partial charge in [-0.1, -0.05) is 25.0 Å². The zero-order valence-corrected chi connectivity index (χ0v) is 14.3. The van der Waals surface area contributed by atoms with Gasteiger partial charge in [-0.15, -0.1) is 0 Å². The highest BCUT2D eigenvalue weighted by molar-refractivity contribution is 5.83. The molecule has 1 saturated carbocycles. The van der Waals surface area contributed by atoms with Gasteiger partial charge < -0.3 is 10.0 Å². The molecule has 0 aliphatic heterocycles. The Hall–Kier alpha value is -1.46. The van der Waals surface area contributed by atoms with Gasteiger partial charge in [-0.3, -0.25) is 9.69 Å². The number of amides is 1. The molecule has 0 unspecified atom stereocenters. The van der Waals surface area contributed by atoms with Crippen molar-refractivity contribution in [2.45, 2.75) is 31.7 Å². The summed E-state index contributed by atoms with van der Waals surface area (Å²) >= 11 is 0. The smallest absolute Gasteiger partial charge is 0.244 e. The average Bonchev–Trinajstić information content (AvgIpc) is 2.98. The van der Waals surface area contributed by atoms with Crippen LogP contribution in [0.3, 0.4) is 0 Å². The minimum absolute atomic E-state index is 0.0265. The van der Waals surface area contributed by atoms with E-state index < -0.39 is 6.04 Å². The van der Waals surface area contributed by atoms with Crippen molar-refractivity contribution in [3.05, 3.63) is 35.6 Å². The standard InChI is InChI=1S/C18H27FN2O2/c1-20(2)16(14-6-8-15(19)9-7-14)17(23)21(3)12-18(13-22)10-4-5-11-18/h6-9,16,22H,4-5,10-13H2,1-3H3/t16-/m0/s1. The van der Waals surface area contributed by atoms with Gasteiger partial charge in [0.15, 0.2) is 0 Å². The lowest BCUT2D eigenvalue weighted by Crippen LogP contribution is -2.44. The second kappa shape index (κ2) is 7.41. The van der Waals surface area contributed by atoms with Crippen molar-refractivity contribution in [2.75, 3.05) is 34.3 Å². The predicted molar refractivity (Wildman–Crippen MR) is 88.5 cm³/mol. The van der Waals surface area contributed by atoms with Crippen molar-refractivity contribution in [2.24, 2.45) is 5.41 Å². The molecular formula is C18H27FN2O2. The van der Waals surface area contributed by atoms with E-state index >= 15 is 0 Å². The number of halogens is 1. The van der Waals surface area contributed by atoms with Gasteiger partial charge in [0.2, 0.25) is 5.91 Å². The van der Waals surface area contributed by atoms with Crippen molar-refractivity contribution in [1.29, 1.82) is 0 Å². The zero-order valence-electron chi connectivity index (χ0n) is 14.3. The quantitative estimate of drug-likeness (QED) is 0.875. The van der Waals surface area contributed by atoms with E-state index in [9.17, 15) is 14.3 Å². The maximum absolute atomic E-state index is 13.1. The lowest BCUT2D eigenvalue weighted by molar-refractivity contribution is -0.137. The Bertz CT molecular complexity index is 524. The summed E-state index contributed by atoms with van der Waals surface area (Å²) in [5.41, 5.74) is 0.613. The van der Waals surface area contributed by atoms with Crippen LogP contribution in [-0.2, 0) is 4.79 Å². The molecule has 1 N–H and O–H groups in total. The Morgan fingerprint density at radius 1 is 1.22 bits per heavy atom. The van der Waals surface area contributed by atoms with Crippen LogP contribution in [0.5, 0.6) is 0 Å². The minimum atomic E-state index is -0.447. The van der Waals surface area contributed by atoms with E-state index in [4.69, 9.17) is 0 Å². The average molecular weight is 322 g/mol. The molecule has 2 rings (SSSR count). The van der Waals surface area contributed by atoms with E-state index in [1.165, 1.54) is 12.1 Å². The largest absolute Gasteiger partial charge is 0.396 e. The maximum Gasteiger partial charge on any atom is 0.244 e. The highest BCUT2D eigenvalue weighted by atomic mass is 19.1. The number of rotatable bonds is 6. The first-order valence-electron chi connectivity index (χ1n) is 8.16. The first-order valence-corrected chi connectivity index (χ1v) is 8.16. The first-order chi connectivity index (χ1) is 10.9. The van der Waals surface area contributed by atoms with Gasteiger partial charge in [-0.2, -0.15) is 0 Å². The van der Waals surface area contributed by atoms with Crippen molar-refractivity contribution in [3.63, 3.8) is 0 Å². The Balaban J connectivity index is 2.15. The third-order valence-corrected chi connectivity index (χ3v) is 4.88. The molecule has 128 valence electrons. The molecule has 1 aliphatic carbocycles. The fraction of sp³-hybridized carbons (Fsp3) is 0.611. The molecule has 0 spiro atoms. The van der Waals surface area contributed by atoms with E-state index in [0.29, 0.717) is 6.54 Å². The molecule has 4 nitrogen and oxygen atoms in total. The van der Waals surface area contributed by atoms with Crippen molar-refractivity contribution < 1.29 is 14.3 Å². The number of hydrogen-bond donors (Lipinski definition) is 1. The van der Waals surface area contributed by atoms with Gasteiger partial charge in [0, 0.05) is 19.0 Å². The van der Waals surface area contributed by atoms with Gasteiger partial charge in [-0.05, 0) is 44.6 Å². The molecule has 0 bridgehead atoms. The number of aliphatic hydroxyl groups is 1. The topological polar surface area (TPSA) is 43.8 Å². The highest BCUT2D eigenvalue weighted by Crippen LogP contribution is 2.38. The lowest BCUT2D eigenvalue weighted by atomic mass is 9.86. The van der Waals surface area contributed by atoms with E-state index in [2.05, 4.69) is 0 Å². The van der Waals surface area contributed by atoms with Crippen LogP contribution in [0, 0.1) is 11.2 Å². The summed E-state index contributed by atoms with van der Waals surface area (Å²) in [6.07, 6.45) is 4.14. The van der Waals surface area contributed by atoms with E-state index in [-0.39, 0.29) is 23.7 Å². The molecule has 1 aromatic rings. The van der Waals surface area contributed by atoms with Crippen LogP contribution in [0.25, 0.3) is 0 Å². The van der Waals surface area contributed by atoms with Crippen LogP contribution in [0.15, 0.2) is 24.3 Å². The third-order valence-electron chi connectivity index (χ3n) is 4.88. The molecule has 1 aliphatic rings. The van der Waals surface area contributed by atoms with Crippen LogP contribution in [0.2, 0.25) is 0 Å². The Kier molecular flexibility index (Phi) is 5.76. The first kappa shape index (κ1) is 17.9. The summed E-state index contributed by atoms with van der Waals surface area (Å²) in [7, 11) is 5.48. The summed E-state index contributed by atoms with van der Waals surface area (Å²) in [4.78, 5) is 16.5. The number of hydrogen-bond acceptors (Lipinski definition) is 3. The van der Waals surface area contributed by atoms with Gasteiger partial charge in [-0.25, -0.2) is 4.39 Å². The number of likely N-dealkylation sites (N-methyl/N-ethyl adjacent to an activating group) is 2. The van der Waals surface area contributed by atoms with Crippen molar-refractivity contribution in [3.8, 4) is 0 Å². The molecule has 5 heteroatoms. The molecule has 1 amide bonds. The van der Waals surface area contributed by atoms with Crippen LogP contribution in [0.1, 0.15) is 37.3 Å². The second-order valence-electron chi connectivity index (χ2n) is 6.98. The summed E-state index contributed by atoms with van der Waals surface area (Å²) in [5.74, 6) is -0.335. The Labute approximate surface area is 137 Å². The number of carbonyl (C=O) groups excluding carboxylic acids is 1. The number of carbonyl (C=O) groups is 1. The second-order valence-corrected chi connectivity index (χ2v) is 6.98. The molecule has 0 radical (unpaired) electrons. The Morgan fingerprint density at radius 3 is 2.26 bits per heavy atom. The van der Waals surface area contributed by atoms with Gasteiger partial charge in [0.1, 0.15) is 11.9 Å². The lowest BCUT2D eigenvalue weighted by Gasteiger charge is -2.35. The fourth-order valence-corrected chi connectivity index (χ4v) is 3.59. The normalized spacial score (nSPS) is 18.2. The summed E-state index contributed by atoms with van der Waals surface area (Å²) in [5, 5.41) is 9.75. The van der Waals surface area contributed by atoms with E-state index in [1.54, 1.807) is 24.1 Å². The molecule has 0 heterocycles. The third kappa shape index (κ3) is 4.09. The number of benzene rings is 1.